The molecule has 0 spiro atoms. The third kappa shape index (κ3) is 1.82. The van der Waals surface area contributed by atoms with Crippen molar-refractivity contribution in [3.8, 4) is 5.75 Å². The van der Waals surface area contributed by atoms with Gasteiger partial charge in [0.05, 0.1) is 0 Å². The molecular formula is C14H15NO2. The van der Waals surface area contributed by atoms with Crippen molar-refractivity contribution < 1.29 is 9.90 Å². The molecule has 2 aromatic rings. The first-order valence-electron chi connectivity index (χ1n) is 6.06. The van der Waals surface area contributed by atoms with E-state index in [1.165, 1.54) is 5.56 Å². The van der Waals surface area contributed by atoms with E-state index in [0.29, 0.717) is 30.3 Å². The van der Waals surface area contributed by atoms with Gasteiger partial charge in [-0.15, -0.1) is 0 Å². The van der Waals surface area contributed by atoms with E-state index in [4.69, 9.17) is 0 Å². The maximum absolute atomic E-state index is 11.2. The first kappa shape index (κ1) is 10.4. The smallest absolute Gasteiger partial charge is 0.132 e. The van der Waals surface area contributed by atoms with Crippen molar-refractivity contribution in [3.63, 3.8) is 0 Å². The third-order valence-electron chi connectivity index (χ3n) is 3.68. The maximum Gasteiger partial charge on any atom is 0.132 e. The number of aromatic nitrogens is 1. The normalized spacial score (nSPS) is 17.8. The predicted molar refractivity (Wildman–Crippen MR) is 66.2 cm³/mol. The number of carbonyl (C=O) groups excluding carboxylic acids is 1. The third-order valence-corrected chi connectivity index (χ3v) is 3.68. The largest absolute Gasteiger partial charge is 0.508 e. The van der Waals surface area contributed by atoms with Crippen LogP contribution in [-0.4, -0.2) is 15.9 Å². The number of Topliss-reactive ketones (excluding diaryl/α,β-unsaturated/α-hetero) is 1. The number of hydrogen-bond acceptors (Lipinski definition) is 2. The molecule has 1 aliphatic rings. The number of rotatable bonds is 1. The van der Waals surface area contributed by atoms with E-state index >= 15 is 0 Å². The van der Waals surface area contributed by atoms with E-state index < -0.39 is 0 Å². The summed E-state index contributed by atoms with van der Waals surface area (Å²) in [4.78, 5) is 14.5. The predicted octanol–water partition coefficient (Wildman–Crippen LogP) is 3.10. The van der Waals surface area contributed by atoms with Crippen LogP contribution in [0, 0.1) is 0 Å². The van der Waals surface area contributed by atoms with Crippen molar-refractivity contribution in [2.24, 2.45) is 0 Å². The van der Waals surface area contributed by atoms with Crippen LogP contribution < -0.4 is 0 Å². The van der Waals surface area contributed by atoms with E-state index in [1.54, 1.807) is 12.1 Å². The van der Waals surface area contributed by atoms with E-state index in [-0.39, 0.29) is 0 Å². The van der Waals surface area contributed by atoms with E-state index in [9.17, 15) is 9.90 Å². The van der Waals surface area contributed by atoms with Crippen LogP contribution in [0.2, 0.25) is 0 Å². The van der Waals surface area contributed by atoms with Crippen LogP contribution >= 0.6 is 0 Å². The van der Waals surface area contributed by atoms with Crippen LogP contribution in [0.25, 0.3) is 10.9 Å². The lowest BCUT2D eigenvalue weighted by Gasteiger charge is -2.20. The summed E-state index contributed by atoms with van der Waals surface area (Å²) in [5.74, 6) is 1.12. The van der Waals surface area contributed by atoms with Crippen LogP contribution in [0.1, 0.15) is 37.2 Å². The molecule has 0 unspecified atom stereocenters. The van der Waals surface area contributed by atoms with Gasteiger partial charge in [-0.05, 0) is 42.5 Å². The molecule has 3 nitrogen and oxygen atoms in total. The quantitative estimate of drug-likeness (QED) is 0.789. The maximum atomic E-state index is 11.2. The molecule has 0 atom stereocenters. The number of carbonyl (C=O) groups is 1. The lowest BCUT2D eigenvalue weighted by Crippen LogP contribution is -2.11. The number of phenolic OH excluding ortho intramolecular Hbond substituents is 1. The zero-order valence-electron chi connectivity index (χ0n) is 9.57. The van der Waals surface area contributed by atoms with Gasteiger partial charge < -0.3 is 10.1 Å². The summed E-state index contributed by atoms with van der Waals surface area (Å²) in [6.07, 6.45) is 5.26. The summed E-state index contributed by atoms with van der Waals surface area (Å²) in [6.45, 7) is 0. The monoisotopic (exact) mass is 229 g/mol. The lowest BCUT2D eigenvalue weighted by molar-refractivity contribution is -0.120. The Balaban J connectivity index is 1.99. The zero-order chi connectivity index (χ0) is 11.8. The SMILES string of the molecule is O=C1CCC(c2c[nH]c3ccc(O)cc23)CC1. The second-order valence-electron chi connectivity index (χ2n) is 4.79. The molecule has 3 rings (SSSR count). The van der Waals surface area contributed by atoms with Gasteiger partial charge >= 0.3 is 0 Å². The van der Waals surface area contributed by atoms with Gasteiger partial charge in [0.15, 0.2) is 0 Å². The summed E-state index contributed by atoms with van der Waals surface area (Å²) in [5.41, 5.74) is 2.29. The highest BCUT2D eigenvalue weighted by Gasteiger charge is 2.22. The Morgan fingerprint density at radius 1 is 1.24 bits per heavy atom. The first-order valence-corrected chi connectivity index (χ1v) is 6.06. The Morgan fingerprint density at radius 3 is 2.76 bits per heavy atom. The minimum atomic E-state index is 0.297. The average Bonchev–Trinajstić information content (AvgIpc) is 2.73. The summed E-state index contributed by atoms with van der Waals surface area (Å²) >= 11 is 0. The number of ketones is 1. The number of aromatic hydroxyl groups is 1. The van der Waals surface area contributed by atoms with Crippen molar-refractivity contribution in [1.82, 2.24) is 4.98 Å². The van der Waals surface area contributed by atoms with E-state index in [0.717, 1.165) is 23.7 Å². The Bertz CT molecular complexity index is 561. The number of phenols is 1. The topological polar surface area (TPSA) is 53.1 Å². The molecular weight excluding hydrogens is 214 g/mol. The van der Waals surface area contributed by atoms with Gasteiger partial charge in [0, 0.05) is 29.9 Å². The summed E-state index contributed by atoms with van der Waals surface area (Å²) < 4.78 is 0. The van der Waals surface area contributed by atoms with Crippen molar-refractivity contribution in [2.75, 3.05) is 0 Å². The fourth-order valence-corrected chi connectivity index (χ4v) is 2.72. The molecule has 1 aromatic heterocycles. The number of hydrogen-bond donors (Lipinski definition) is 2. The molecule has 17 heavy (non-hydrogen) atoms. The van der Waals surface area contributed by atoms with Gasteiger partial charge in [0.2, 0.25) is 0 Å². The second-order valence-corrected chi connectivity index (χ2v) is 4.79. The fraction of sp³-hybridized carbons (Fsp3) is 0.357. The molecule has 88 valence electrons. The van der Waals surface area contributed by atoms with Gasteiger partial charge in [-0.25, -0.2) is 0 Å². The Hall–Kier alpha value is -1.77. The molecule has 2 N–H and O–H groups in total. The Kier molecular flexibility index (Phi) is 2.39. The van der Waals surface area contributed by atoms with Crippen molar-refractivity contribution in [3.05, 3.63) is 30.0 Å². The van der Waals surface area contributed by atoms with Gasteiger partial charge in [-0.1, -0.05) is 0 Å². The molecule has 1 aromatic carbocycles. The first-order chi connectivity index (χ1) is 8.24. The van der Waals surface area contributed by atoms with Gasteiger partial charge in [-0.2, -0.15) is 0 Å². The highest BCUT2D eigenvalue weighted by molar-refractivity contribution is 5.86. The molecule has 0 bridgehead atoms. The van der Waals surface area contributed by atoms with E-state index in [1.807, 2.05) is 12.3 Å². The molecule has 1 saturated carbocycles. The molecule has 0 radical (unpaired) electrons. The van der Waals surface area contributed by atoms with Gasteiger partial charge in [0.1, 0.15) is 11.5 Å². The molecule has 0 amide bonds. The van der Waals surface area contributed by atoms with Gasteiger partial charge in [-0.3, -0.25) is 4.79 Å². The summed E-state index contributed by atoms with van der Waals surface area (Å²) in [6, 6.07) is 5.38. The van der Waals surface area contributed by atoms with Crippen LogP contribution in [0.15, 0.2) is 24.4 Å². The van der Waals surface area contributed by atoms with Crippen molar-refractivity contribution in [1.29, 1.82) is 0 Å². The molecule has 1 fully saturated rings. The number of nitrogens with one attached hydrogen (secondary N) is 1. The van der Waals surface area contributed by atoms with Gasteiger partial charge in [0.25, 0.3) is 0 Å². The minimum absolute atomic E-state index is 0.297. The number of aromatic amines is 1. The number of fused-ring (bicyclic) bond motifs is 1. The molecule has 0 aliphatic heterocycles. The number of benzene rings is 1. The van der Waals surface area contributed by atoms with Crippen molar-refractivity contribution >= 4 is 16.7 Å². The summed E-state index contributed by atoms with van der Waals surface area (Å²) in [5, 5.41) is 10.6. The van der Waals surface area contributed by atoms with Crippen LogP contribution in [0.4, 0.5) is 0 Å². The van der Waals surface area contributed by atoms with E-state index in [2.05, 4.69) is 4.98 Å². The highest BCUT2D eigenvalue weighted by Crippen LogP contribution is 2.36. The molecule has 1 aliphatic carbocycles. The minimum Gasteiger partial charge on any atom is -0.508 e. The lowest BCUT2D eigenvalue weighted by atomic mass is 9.83. The highest BCUT2D eigenvalue weighted by atomic mass is 16.3. The van der Waals surface area contributed by atoms with Crippen molar-refractivity contribution in [2.45, 2.75) is 31.6 Å². The Labute approximate surface area is 99.5 Å². The zero-order valence-corrected chi connectivity index (χ0v) is 9.57. The second kappa shape index (κ2) is 3.91. The average molecular weight is 229 g/mol. The van der Waals surface area contributed by atoms with Crippen LogP contribution in [0.5, 0.6) is 5.75 Å². The number of H-pyrrole nitrogens is 1. The standard InChI is InChI=1S/C14H15NO2/c16-10-3-1-9(2-4-10)13-8-15-14-6-5-11(17)7-12(13)14/h5-9,15,17H,1-4H2. The van der Waals surface area contributed by atoms with Crippen LogP contribution in [0.3, 0.4) is 0 Å². The fourth-order valence-electron chi connectivity index (χ4n) is 2.72. The summed E-state index contributed by atoms with van der Waals surface area (Å²) in [7, 11) is 0. The molecule has 0 saturated heterocycles. The molecule has 3 heteroatoms. The Morgan fingerprint density at radius 2 is 2.00 bits per heavy atom. The molecule has 1 heterocycles. The van der Waals surface area contributed by atoms with Crippen LogP contribution in [-0.2, 0) is 4.79 Å².